The zero-order valence-corrected chi connectivity index (χ0v) is 15.7. The van der Waals surface area contributed by atoms with E-state index in [0.717, 1.165) is 11.8 Å². The van der Waals surface area contributed by atoms with Gasteiger partial charge in [0.2, 0.25) is 5.60 Å². The smallest absolute Gasteiger partial charge is 0.350 e. The van der Waals surface area contributed by atoms with Crippen molar-refractivity contribution in [3.8, 4) is 11.5 Å². The topological polar surface area (TPSA) is 89.9 Å². The molecule has 1 atom stereocenters. The Hall–Kier alpha value is -2.54. The molecule has 1 unspecified atom stereocenters. The predicted molar refractivity (Wildman–Crippen MR) is 97.0 cm³/mol. The third-order valence-electron chi connectivity index (χ3n) is 3.78. The second kappa shape index (κ2) is 7.78. The van der Waals surface area contributed by atoms with Gasteiger partial charge in [-0.3, -0.25) is 0 Å². The van der Waals surface area contributed by atoms with Crippen molar-refractivity contribution in [2.75, 3.05) is 12.9 Å². The molecule has 0 aliphatic rings. The SMILES string of the molecule is CCOC(=O)C(C)(Cc1ccc(O)cc1)Oc1ccc(S(C)(=O)=O)cc1. The van der Waals surface area contributed by atoms with Gasteiger partial charge in [0.05, 0.1) is 11.5 Å². The summed E-state index contributed by atoms with van der Waals surface area (Å²) in [6, 6.07) is 12.3. The molecule has 0 amide bonds. The molecule has 0 saturated carbocycles. The Labute approximate surface area is 153 Å². The van der Waals surface area contributed by atoms with Crippen LogP contribution in [-0.4, -0.2) is 38.0 Å². The predicted octanol–water partition coefficient (Wildman–Crippen LogP) is 2.74. The van der Waals surface area contributed by atoms with Gasteiger partial charge in [-0.05, 0) is 55.8 Å². The summed E-state index contributed by atoms with van der Waals surface area (Å²) in [4.78, 5) is 12.6. The zero-order valence-electron chi connectivity index (χ0n) is 14.9. The van der Waals surface area contributed by atoms with E-state index >= 15 is 0 Å². The number of hydrogen-bond donors (Lipinski definition) is 1. The van der Waals surface area contributed by atoms with Crippen LogP contribution in [0.3, 0.4) is 0 Å². The van der Waals surface area contributed by atoms with Gasteiger partial charge < -0.3 is 14.6 Å². The number of ether oxygens (including phenoxy) is 2. The lowest BCUT2D eigenvalue weighted by Gasteiger charge is -2.28. The zero-order chi connectivity index (χ0) is 19.4. The van der Waals surface area contributed by atoms with Crippen LogP contribution in [0.1, 0.15) is 19.4 Å². The first-order valence-corrected chi connectivity index (χ1v) is 9.97. The minimum atomic E-state index is -3.31. The highest BCUT2D eigenvalue weighted by atomic mass is 32.2. The van der Waals surface area contributed by atoms with E-state index in [0.29, 0.717) is 5.75 Å². The van der Waals surface area contributed by atoms with Crippen LogP contribution in [0.5, 0.6) is 11.5 Å². The fraction of sp³-hybridized carbons (Fsp3) is 0.316. The number of benzene rings is 2. The van der Waals surface area contributed by atoms with Crippen LogP contribution in [0, 0.1) is 0 Å². The number of sulfone groups is 1. The fourth-order valence-corrected chi connectivity index (χ4v) is 3.08. The maximum atomic E-state index is 12.5. The lowest BCUT2D eigenvalue weighted by Crippen LogP contribution is -2.45. The largest absolute Gasteiger partial charge is 0.508 e. The highest BCUT2D eigenvalue weighted by molar-refractivity contribution is 7.90. The average molecular weight is 378 g/mol. The molecule has 26 heavy (non-hydrogen) atoms. The van der Waals surface area contributed by atoms with E-state index in [-0.39, 0.29) is 23.7 Å². The van der Waals surface area contributed by atoms with Crippen molar-refractivity contribution in [1.82, 2.24) is 0 Å². The number of aromatic hydroxyl groups is 1. The van der Waals surface area contributed by atoms with Crippen molar-refractivity contribution >= 4 is 15.8 Å². The first-order valence-electron chi connectivity index (χ1n) is 8.08. The molecule has 0 heterocycles. The Bertz CT molecular complexity index is 856. The van der Waals surface area contributed by atoms with Crippen LogP contribution in [0.2, 0.25) is 0 Å². The average Bonchev–Trinajstić information content (AvgIpc) is 2.57. The summed E-state index contributed by atoms with van der Waals surface area (Å²) in [7, 11) is -3.31. The molecule has 0 fully saturated rings. The monoisotopic (exact) mass is 378 g/mol. The molecule has 0 bridgehead atoms. The maximum absolute atomic E-state index is 12.5. The molecule has 7 heteroatoms. The molecule has 6 nitrogen and oxygen atoms in total. The Kier molecular flexibility index (Phi) is 5.92. The van der Waals surface area contributed by atoms with Crippen molar-refractivity contribution in [3.05, 3.63) is 54.1 Å². The summed E-state index contributed by atoms with van der Waals surface area (Å²) in [6.07, 6.45) is 1.34. The Morgan fingerprint density at radius 2 is 1.65 bits per heavy atom. The van der Waals surface area contributed by atoms with Gasteiger partial charge in [-0.25, -0.2) is 13.2 Å². The second-order valence-corrected chi connectivity index (χ2v) is 8.16. The molecular weight excluding hydrogens is 356 g/mol. The van der Waals surface area contributed by atoms with Crippen LogP contribution < -0.4 is 4.74 Å². The summed E-state index contributed by atoms with van der Waals surface area (Å²) in [5.41, 5.74) is -0.523. The molecule has 2 aromatic carbocycles. The third kappa shape index (κ3) is 4.98. The summed E-state index contributed by atoms with van der Waals surface area (Å²) in [6.45, 7) is 3.53. The summed E-state index contributed by atoms with van der Waals surface area (Å²) in [5.74, 6) is -0.0455. The van der Waals surface area contributed by atoms with Crippen LogP contribution in [0.15, 0.2) is 53.4 Å². The molecule has 140 valence electrons. The van der Waals surface area contributed by atoms with E-state index in [1.54, 1.807) is 26.0 Å². The van der Waals surface area contributed by atoms with Gasteiger partial charge in [-0.1, -0.05) is 12.1 Å². The molecule has 1 N–H and O–H groups in total. The lowest BCUT2D eigenvalue weighted by molar-refractivity contribution is -0.160. The number of phenolic OH excluding ortho intramolecular Hbond substituents is 1. The second-order valence-electron chi connectivity index (χ2n) is 6.14. The van der Waals surface area contributed by atoms with E-state index in [9.17, 15) is 18.3 Å². The number of rotatable bonds is 7. The number of phenols is 1. The fourth-order valence-electron chi connectivity index (χ4n) is 2.45. The first-order chi connectivity index (χ1) is 12.1. The van der Waals surface area contributed by atoms with E-state index in [1.807, 2.05) is 0 Å². The molecule has 0 saturated heterocycles. The van der Waals surface area contributed by atoms with Gasteiger partial charge in [0.25, 0.3) is 0 Å². The molecule has 0 aromatic heterocycles. The molecule has 0 aliphatic heterocycles. The Balaban J connectivity index is 2.29. The normalized spacial score (nSPS) is 13.7. The number of esters is 1. The molecule has 0 radical (unpaired) electrons. The highest BCUT2D eigenvalue weighted by Crippen LogP contribution is 2.26. The quantitative estimate of drug-likeness (QED) is 0.745. The van der Waals surface area contributed by atoms with E-state index in [1.165, 1.54) is 36.4 Å². The molecule has 2 aromatic rings. The summed E-state index contributed by atoms with van der Waals surface area (Å²) < 4.78 is 34.1. The van der Waals surface area contributed by atoms with E-state index < -0.39 is 21.4 Å². The van der Waals surface area contributed by atoms with Crippen molar-refractivity contribution in [2.45, 2.75) is 30.8 Å². The van der Waals surface area contributed by atoms with Crippen LogP contribution in [0.25, 0.3) is 0 Å². The molecular formula is C19H22O6S. The van der Waals surface area contributed by atoms with Crippen molar-refractivity contribution in [3.63, 3.8) is 0 Å². The van der Waals surface area contributed by atoms with Gasteiger partial charge in [-0.2, -0.15) is 0 Å². The molecule has 2 rings (SSSR count). The van der Waals surface area contributed by atoms with Crippen molar-refractivity contribution in [1.29, 1.82) is 0 Å². The molecule has 0 aliphatic carbocycles. The first kappa shape index (κ1) is 19.8. The number of carbonyl (C=O) groups excluding carboxylic acids is 1. The summed E-state index contributed by atoms with van der Waals surface area (Å²) >= 11 is 0. The highest BCUT2D eigenvalue weighted by Gasteiger charge is 2.37. The number of carbonyl (C=O) groups is 1. The minimum Gasteiger partial charge on any atom is -0.508 e. The van der Waals surface area contributed by atoms with Gasteiger partial charge >= 0.3 is 5.97 Å². The van der Waals surface area contributed by atoms with Crippen LogP contribution in [-0.2, 0) is 25.8 Å². The van der Waals surface area contributed by atoms with E-state index in [2.05, 4.69) is 0 Å². The van der Waals surface area contributed by atoms with Crippen LogP contribution in [0.4, 0.5) is 0 Å². The van der Waals surface area contributed by atoms with Crippen LogP contribution >= 0.6 is 0 Å². The van der Waals surface area contributed by atoms with Crippen molar-refractivity contribution < 1.29 is 27.8 Å². The van der Waals surface area contributed by atoms with Gasteiger partial charge in [0.15, 0.2) is 9.84 Å². The van der Waals surface area contributed by atoms with Crippen molar-refractivity contribution in [2.24, 2.45) is 0 Å². The van der Waals surface area contributed by atoms with Gasteiger partial charge in [-0.15, -0.1) is 0 Å². The van der Waals surface area contributed by atoms with Gasteiger partial charge in [0, 0.05) is 12.7 Å². The maximum Gasteiger partial charge on any atom is 0.350 e. The third-order valence-corrected chi connectivity index (χ3v) is 4.91. The Morgan fingerprint density at radius 1 is 1.08 bits per heavy atom. The summed E-state index contributed by atoms with van der Waals surface area (Å²) in [5, 5.41) is 9.40. The Morgan fingerprint density at radius 3 is 2.15 bits per heavy atom. The standard InChI is InChI=1S/C19H22O6S/c1-4-24-18(21)19(2,13-14-5-7-15(20)8-6-14)25-16-9-11-17(12-10-16)26(3,22)23/h5-12,20H,4,13H2,1-3H3. The van der Waals surface area contributed by atoms with E-state index in [4.69, 9.17) is 9.47 Å². The lowest BCUT2D eigenvalue weighted by atomic mass is 9.96. The minimum absolute atomic E-state index is 0.129. The molecule has 0 spiro atoms. The van der Waals surface area contributed by atoms with Gasteiger partial charge in [0.1, 0.15) is 11.5 Å². The number of hydrogen-bond acceptors (Lipinski definition) is 6.